The van der Waals surface area contributed by atoms with Gasteiger partial charge < -0.3 is 9.15 Å². The first kappa shape index (κ1) is 15.1. The van der Waals surface area contributed by atoms with E-state index in [9.17, 15) is 0 Å². The fourth-order valence-electron chi connectivity index (χ4n) is 3.89. The third kappa shape index (κ3) is 3.17. The van der Waals surface area contributed by atoms with Crippen LogP contribution in [0, 0.1) is 12.8 Å². The quantitative estimate of drug-likeness (QED) is 0.834. The standard InChI is InChI=1S/C17H28N2O2/c1-4-20-11-15-7-8-18(3)17(9-15)12-19(13-17)10-16-6-5-14(2)21-16/h5-6,15H,4,7-13H2,1-3H3/t15-/m0/s1. The molecule has 1 aromatic rings. The summed E-state index contributed by atoms with van der Waals surface area (Å²) in [6.07, 6.45) is 2.55. The van der Waals surface area contributed by atoms with Crippen LogP contribution in [0.3, 0.4) is 0 Å². The molecule has 2 fully saturated rings. The number of likely N-dealkylation sites (N-methyl/N-ethyl adjacent to an activating group) is 1. The maximum Gasteiger partial charge on any atom is 0.118 e. The Labute approximate surface area is 128 Å². The molecule has 0 amide bonds. The van der Waals surface area contributed by atoms with E-state index in [0.29, 0.717) is 5.54 Å². The van der Waals surface area contributed by atoms with Gasteiger partial charge in [-0.2, -0.15) is 0 Å². The molecule has 0 radical (unpaired) electrons. The molecule has 1 spiro atoms. The normalized spacial score (nSPS) is 26.1. The van der Waals surface area contributed by atoms with Crippen LogP contribution in [0.1, 0.15) is 31.3 Å². The second kappa shape index (κ2) is 6.11. The lowest BCUT2D eigenvalue weighted by molar-refractivity contribution is -0.0939. The monoisotopic (exact) mass is 292 g/mol. The SMILES string of the molecule is CCOC[C@H]1CCN(C)C2(C1)CN(Cc1ccc(C)o1)C2. The Balaban J connectivity index is 1.53. The van der Waals surface area contributed by atoms with Crippen LogP contribution in [0.25, 0.3) is 0 Å². The molecular weight excluding hydrogens is 264 g/mol. The molecule has 1 atom stereocenters. The van der Waals surface area contributed by atoms with Gasteiger partial charge in [-0.3, -0.25) is 9.80 Å². The van der Waals surface area contributed by atoms with Crippen LogP contribution >= 0.6 is 0 Å². The molecule has 4 nitrogen and oxygen atoms in total. The molecule has 2 saturated heterocycles. The Morgan fingerprint density at radius 1 is 1.38 bits per heavy atom. The fourth-order valence-corrected chi connectivity index (χ4v) is 3.89. The molecule has 0 aromatic carbocycles. The van der Waals surface area contributed by atoms with Gasteiger partial charge in [0, 0.05) is 31.8 Å². The summed E-state index contributed by atoms with van der Waals surface area (Å²) in [7, 11) is 2.28. The van der Waals surface area contributed by atoms with E-state index >= 15 is 0 Å². The van der Waals surface area contributed by atoms with Crippen LogP contribution in [-0.2, 0) is 11.3 Å². The molecule has 21 heavy (non-hydrogen) atoms. The molecule has 0 bridgehead atoms. The number of piperidine rings is 1. The van der Waals surface area contributed by atoms with Crippen molar-refractivity contribution in [1.82, 2.24) is 9.80 Å². The minimum Gasteiger partial charge on any atom is -0.465 e. The van der Waals surface area contributed by atoms with Crippen molar-refractivity contribution in [2.24, 2.45) is 5.92 Å². The van der Waals surface area contributed by atoms with Crippen molar-refractivity contribution < 1.29 is 9.15 Å². The van der Waals surface area contributed by atoms with Crippen LogP contribution in [0.2, 0.25) is 0 Å². The van der Waals surface area contributed by atoms with Crippen LogP contribution in [0.5, 0.6) is 0 Å². The zero-order valence-electron chi connectivity index (χ0n) is 13.6. The van der Waals surface area contributed by atoms with Gasteiger partial charge in [-0.1, -0.05) is 0 Å². The number of furan rings is 1. The van der Waals surface area contributed by atoms with Gasteiger partial charge in [0.2, 0.25) is 0 Å². The molecule has 2 aliphatic rings. The minimum atomic E-state index is 0.377. The largest absolute Gasteiger partial charge is 0.465 e. The molecular formula is C17H28N2O2. The smallest absolute Gasteiger partial charge is 0.118 e. The van der Waals surface area contributed by atoms with Gasteiger partial charge in [0.15, 0.2) is 0 Å². The van der Waals surface area contributed by atoms with E-state index in [1.54, 1.807) is 0 Å². The summed E-state index contributed by atoms with van der Waals surface area (Å²) in [5, 5.41) is 0. The van der Waals surface area contributed by atoms with Gasteiger partial charge in [0.1, 0.15) is 11.5 Å². The Hall–Kier alpha value is -0.840. The molecule has 118 valence electrons. The van der Waals surface area contributed by atoms with E-state index in [-0.39, 0.29) is 0 Å². The minimum absolute atomic E-state index is 0.377. The van der Waals surface area contributed by atoms with E-state index in [4.69, 9.17) is 9.15 Å². The number of hydrogen-bond acceptors (Lipinski definition) is 4. The van der Waals surface area contributed by atoms with Crippen molar-refractivity contribution in [3.8, 4) is 0 Å². The second-order valence-electron chi connectivity index (χ2n) is 6.82. The van der Waals surface area contributed by atoms with E-state index in [0.717, 1.165) is 50.3 Å². The zero-order valence-corrected chi connectivity index (χ0v) is 13.6. The highest BCUT2D eigenvalue weighted by Crippen LogP contribution is 2.38. The van der Waals surface area contributed by atoms with E-state index in [2.05, 4.69) is 35.9 Å². The lowest BCUT2D eigenvalue weighted by Crippen LogP contribution is -2.71. The predicted octanol–water partition coefficient (Wildman–Crippen LogP) is 2.52. The Morgan fingerprint density at radius 2 is 2.19 bits per heavy atom. The van der Waals surface area contributed by atoms with E-state index in [1.807, 2.05) is 6.92 Å². The maximum atomic E-state index is 5.69. The van der Waals surface area contributed by atoms with E-state index in [1.165, 1.54) is 19.4 Å². The van der Waals surface area contributed by atoms with Gasteiger partial charge in [0.05, 0.1) is 6.54 Å². The number of nitrogens with zero attached hydrogens (tertiary/aromatic N) is 2. The average molecular weight is 292 g/mol. The summed E-state index contributed by atoms with van der Waals surface area (Å²) < 4.78 is 11.3. The number of ether oxygens (including phenoxy) is 1. The summed E-state index contributed by atoms with van der Waals surface area (Å²) >= 11 is 0. The van der Waals surface area contributed by atoms with Gasteiger partial charge in [0.25, 0.3) is 0 Å². The number of rotatable bonds is 5. The summed E-state index contributed by atoms with van der Waals surface area (Å²) in [6.45, 7) is 10.3. The third-order valence-electron chi connectivity index (χ3n) is 5.12. The van der Waals surface area contributed by atoms with Gasteiger partial charge >= 0.3 is 0 Å². The Morgan fingerprint density at radius 3 is 2.86 bits per heavy atom. The highest BCUT2D eigenvalue weighted by atomic mass is 16.5. The number of likely N-dealkylation sites (tertiary alicyclic amines) is 2. The highest BCUT2D eigenvalue weighted by molar-refractivity contribution is 5.10. The van der Waals surface area contributed by atoms with Gasteiger partial charge in [-0.05, 0) is 58.3 Å². The molecule has 0 aliphatic carbocycles. The molecule has 3 rings (SSSR count). The van der Waals surface area contributed by atoms with Crippen molar-refractivity contribution in [3.05, 3.63) is 23.7 Å². The number of aryl methyl sites for hydroxylation is 1. The number of hydrogen-bond donors (Lipinski definition) is 0. The molecule has 4 heteroatoms. The van der Waals surface area contributed by atoms with Gasteiger partial charge in [-0.25, -0.2) is 0 Å². The van der Waals surface area contributed by atoms with Crippen molar-refractivity contribution in [1.29, 1.82) is 0 Å². The van der Waals surface area contributed by atoms with Crippen molar-refractivity contribution in [3.63, 3.8) is 0 Å². The zero-order chi connectivity index (χ0) is 14.9. The average Bonchev–Trinajstić information content (AvgIpc) is 2.83. The third-order valence-corrected chi connectivity index (χ3v) is 5.12. The van der Waals surface area contributed by atoms with Gasteiger partial charge in [-0.15, -0.1) is 0 Å². The molecule has 0 saturated carbocycles. The first-order chi connectivity index (χ1) is 10.1. The first-order valence-electron chi connectivity index (χ1n) is 8.18. The molecule has 0 unspecified atom stereocenters. The van der Waals surface area contributed by atoms with Crippen molar-refractivity contribution >= 4 is 0 Å². The lowest BCUT2D eigenvalue weighted by Gasteiger charge is -2.58. The van der Waals surface area contributed by atoms with Crippen LogP contribution in [-0.4, -0.2) is 55.2 Å². The highest BCUT2D eigenvalue weighted by Gasteiger charge is 2.49. The first-order valence-corrected chi connectivity index (χ1v) is 8.18. The topological polar surface area (TPSA) is 28.9 Å². The molecule has 1 aromatic heterocycles. The molecule has 2 aliphatic heterocycles. The molecule has 3 heterocycles. The summed E-state index contributed by atoms with van der Waals surface area (Å²) in [5.41, 5.74) is 0.377. The van der Waals surface area contributed by atoms with Crippen molar-refractivity contribution in [2.75, 3.05) is 39.9 Å². The van der Waals surface area contributed by atoms with Crippen LogP contribution < -0.4 is 0 Å². The Bertz CT molecular complexity index is 463. The summed E-state index contributed by atoms with van der Waals surface area (Å²) in [6, 6.07) is 4.15. The summed E-state index contributed by atoms with van der Waals surface area (Å²) in [5.74, 6) is 2.83. The van der Waals surface area contributed by atoms with Crippen LogP contribution in [0.4, 0.5) is 0 Å². The summed E-state index contributed by atoms with van der Waals surface area (Å²) in [4.78, 5) is 5.07. The Kier molecular flexibility index (Phi) is 4.38. The maximum absolute atomic E-state index is 5.69. The van der Waals surface area contributed by atoms with Crippen molar-refractivity contribution in [2.45, 2.75) is 38.8 Å². The molecule has 0 N–H and O–H groups in total. The van der Waals surface area contributed by atoms with Crippen LogP contribution in [0.15, 0.2) is 16.5 Å². The fraction of sp³-hybridized carbons (Fsp3) is 0.765. The second-order valence-corrected chi connectivity index (χ2v) is 6.82. The lowest BCUT2D eigenvalue weighted by atomic mass is 9.75. The van der Waals surface area contributed by atoms with E-state index < -0.39 is 0 Å². The predicted molar refractivity (Wildman–Crippen MR) is 83.3 cm³/mol.